The van der Waals surface area contributed by atoms with Crippen molar-refractivity contribution in [2.75, 3.05) is 13.7 Å². The molecule has 0 radical (unpaired) electrons. The SMILES string of the molecule is COC(=O)CC[C@H](NC(=O)NCC(C)(C)C)C(=O)O. The van der Waals surface area contributed by atoms with Gasteiger partial charge in [0.05, 0.1) is 7.11 Å². The van der Waals surface area contributed by atoms with Crippen LogP contribution in [0, 0.1) is 5.41 Å². The summed E-state index contributed by atoms with van der Waals surface area (Å²) in [5.74, 6) is -1.70. The van der Waals surface area contributed by atoms with Crippen LogP contribution in [0.3, 0.4) is 0 Å². The van der Waals surface area contributed by atoms with Crippen molar-refractivity contribution in [1.82, 2.24) is 10.6 Å². The fourth-order valence-electron chi connectivity index (χ4n) is 1.18. The molecule has 2 amide bonds. The van der Waals surface area contributed by atoms with Gasteiger partial charge in [-0.3, -0.25) is 4.79 Å². The Kier molecular flexibility index (Phi) is 6.89. The number of methoxy groups -OCH3 is 1. The van der Waals surface area contributed by atoms with Crippen LogP contribution in [0.15, 0.2) is 0 Å². The zero-order valence-corrected chi connectivity index (χ0v) is 11.8. The lowest BCUT2D eigenvalue weighted by molar-refractivity contribution is -0.142. The van der Waals surface area contributed by atoms with Gasteiger partial charge in [0.25, 0.3) is 0 Å². The zero-order chi connectivity index (χ0) is 15.1. The summed E-state index contributed by atoms with van der Waals surface area (Å²) < 4.78 is 4.42. The van der Waals surface area contributed by atoms with Gasteiger partial charge in [-0.2, -0.15) is 0 Å². The number of carbonyl (C=O) groups excluding carboxylic acids is 2. The molecule has 0 bridgehead atoms. The second-order valence-electron chi connectivity index (χ2n) is 5.39. The quantitative estimate of drug-likeness (QED) is 0.619. The molecule has 0 aliphatic carbocycles. The Hall–Kier alpha value is -1.79. The van der Waals surface area contributed by atoms with Crippen LogP contribution >= 0.6 is 0 Å². The number of urea groups is 1. The molecule has 110 valence electrons. The normalized spacial score (nSPS) is 12.4. The average Bonchev–Trinajstić information content (AvgIpc) is 2.30. The minimum absolute atomic E-state index is 0.00898. The van der Waals surface area contributed by atoms with Crippen molar-refractivity contribution in [1.29, 1.82) is 0 Å². The third-order valence-electron chi connectivity index (χ3n) is 2.25. The van der Waals surface area contributed by atoms with Crippen LogP contribution < -0.4 is 10.6 Å². The maximum atomic E-state index is 11.5. The maximum Gasteiger partial charge on any atom is 0.326 e. The number of carboxylic acids is 1. The molecule has 1 atom stereocenters. The van der Waals surface area contributed by atoms with Gasteiger partial charge in [0.15, 0.2) is 0 Å². The highest BCUT2D eigenvalue weighted by Gasteiger charge is 2.21. The van der Waals surface area contributed by atoms with Gasteiger partial charge in [0, 0.05) is 13.0 Å². The molecule has 0 saturated carbocycles. The van der Waals surface area contributed by atoms with E-state index in [0.29, 0.717) is 6.54 Å². The van der Waals surface area contributed by atoms with Gasteiger partial charge in [0.1, 0.15) is 6.04 Å². The summed E-state index contributed by atoms with van der Waals surface area (Å²) >= 11 is 0. The number of nitrogens with one attached hydrogen (secondary N) is 2. The van der Waals surface area contributed by atoms with Crippen molar-refractivity contribution >= 4 is 18.0 Å². The molecule has 19 heavy (non-hydrogen) atoms. The van der Waals surface area contributed by atoms with Crippen LogP contribution in [0.25, 0.3) is 0 Å². The minimum atomic E-state index is -1.19. The highest BCUT2D eigenvalue weighted by Crippen LogP contribution is 2.10. The van der Waals surface area contributed by atoms with E-state index < -0.39 is 24.0 Å². The molecular weight excluding hydrogens is 252 g/mol. The topological polar surface area (TPSA) is 105 Å². The predicted octanol–water partition coefficient (Wildman–Crippen LogP) is 0.738. The molecule has 0 aromatic rings. The Balaban J connectivity index is 4.23. The molecule has 0 rings (SSSR count). The summed E-state index contributed by atoms with van der Waals surface area (Å²) in [6.45, 7) is 6.25. The number of hydrogen-bond acceptors (Lipinski definition) is 4. The summed E-state index contributed by atoms with van der Waals surface area (Å²) in [7, 11) is 1.22. The Morgan fingerprint density at radius 1 is 1.26 bits per heavy atom. The number of rotatable bonds is 6. The highest BCUT2D eigenvalue weighted by molar-refractivity contribution is 5.83. The molecule has 0 aliphatic heterocycles. The highest BCUT2D eigenvalue weighted by atomic mass is 16.5. The number of amides is 2. The summed E-state index contributed by atoms with van der Waals surface area (Å²) in [4.78, 5) is 33.4. The summed E-state index contributed by atoms with van der Waals surface area (Å²) in [6, 6.07) is -1.67. The third kappa shape index (κ3) is 8.87. The lowest BCUT2D eigenvalue weighted by Gasteiger charge is -2.20. The number of hydrogen-bond donors (Lipinski definition) is 3. The van der Waals surface area contributed by atoms with Gasteiger partial charge >= 0.3 is 18.0 Å². The van der Waals surface area contributed by atoms with Crippen LogP contribution in [0.1, 0.15) is 33.6 Å². The van der Waals surface area contributed by atoms with E-state index in [-0.39, 0.29) is 18.3 Å². The van der Waals surface area contributed by atoms with Crippen molar-refractivity contribution < 1.29 is 24.2 Å². The molecule has 0 aliphatic rings. The van der Waals surface area contributed by atoms with Gasteiger partial charge in [-0.25, -0.2) is 9.59 Å². The lowest BCUT2D eigenvalue weighted by atomic mass is 9.97. The Morgan fingerprint density at radius 3 is 2.26 bits per heavy atom. The number of aliphatic carboxylic acids is 1. The molecule has 0 aromatic heterocycles. The molecule has 0 spiro atoms. The first-order chi connectivity index (χ1) is 8.65. The van der Waals surface area contributed by atoms with Crippen molar-refractivity contribution in [2.24, 2.45) is 5.41 Å². The molecule has 0 unspecified atom stereocenters. The molecule has 0 heterocycles. The fourth-order valence-corrected chi connectivity index (χ4v) is 1.18. The smallest absolute Gasteiger partial charge is 0.326 e. The summed E-state index contributed by atoms with van der Waals surface area (Å²) in [5.41, 5.74) is -0.0952. The van der Waals surface area contributed by atoms with Crippen LogP contribution in [0.5, 0.6) is 0 Å². The van der Waals surface area contributed by atoms with Crippen molar-refractivity contribution in [3.63, 3.8) is 0 Å². The van der Waals surface area contributed by atoms with Crippen LogP contribution in [0.2, 0.25) is 0 Å². The van der Waals surface area contributed by atoms with Gasteiger partial charge < -0.3 is 20.5 Å². The predicted molar refractivity (Wildman–Crippen MR) is 68.7 cm³/mol. The molecule has 0 fully saturated rings. The van der Waals surface area contributed by atoms with Gasteiger partial charge in [-0.05, 0) is 11.8 Å². The molecule has 7 nitrogen and oxygen atoms in total. The van der Waals surface area contributed by atoms with Crippen LogP contribution in [-0.4, -0.2) is 42.8 Å². The third-order valence-corrected chi connectivity index (χ3v) is 2.25. The van der Waals surface area contributed by atoms with Gasteiger partial charge in [-0.15, -0.1) is 0 Å². The monoisotopic (exact) mass is 274 g/mol. The first-order valence-electron chi connectivity index (χ1n) is 5.99. The number of ether oxygens (including phenoxy) is 1. The minimum Gasteiger partial charge on any atom is -0.480 e. The Bertz CT molecular complexity index is 336. The zero-order valence-electron chi connectivity index (χ0n) is 11.8. The van der Waals surface area contributed by atoms with E-state index in [4.69, 9.17) is 5.11 Å². The van der Waals surface area contributed by atoms with Crippen LogP contribution in [0.4, 0.5) is 4.79 Å². The second-order valence-corrected chi connectivity index (χ2v) is 5.39. The average molecular weight is 274 g/mol. The maximum absolute atomic E-state index is 11.5. The Labute approximate surface area is 112 Å². The Morgan fingerprint density at radius 2 is 1.84 bits per heavy atom. The number of carbonyl (C=O) groups is 3. The molecule has 0 saturated heterocycles. The van der Waals surface area contributed by atoms with E-state index in [9.17, 15) is 14.4 Å². The largest absolute Gasteiger partial charge is 0.480 e. The summed E-state index contributed by atoms with van der Waals surface area (Å²) in [6.07, 6.45) is -0.0715. The molecule has 7 heteroatoms. The van der Waals surface area contributed by atoms with E-state index in [1.54, 1.807) is 0 Å². The lowest BCUT2D eigenvalue weighted by Crippen LogP contribution is -2.47. The second kappa shape index (κ2) is 7.60. The molecule has 3 N–H and O–H groups in total. The standard InChI is InChI=1S/C12H22N2O5/c1-12(2,3)7-13-11(18)14-8(10(16)17)5-6-9(15)19-4/h8H,5-7H2,1-4H3,(H,16,17)(H2,13,14,18)/t8-/m0/s1. The van der Waals surface area contributed by atoms with E-state index in [0.717, 1.165) is 0 Å². The first-order valence-corrected chi connectivity index (χ1v) is 5.99. The van der Waals surface area contributed by atoms with Crippen LogP contribution in [-0.2, 0) is 14.3 Å². The van der Waals surface area contributed by atoms with E-state index >= 15 is 0 Å². The van der Waals surface area contributed by atoms with E-state index in [2.05, 4.69) is 15.4 Å². The summed E-state index contributed by atoms with van der Waals surface area (Å²) in [5, 5.41) is 13.8. The number of esters is 1. The van der Waals surface area contributed by atoms with E-state index in [1.165, 1.54) is 7.11 Å². The first kappa shape index (κ1) is 17.2. The fraction of sp³-hybridized carbons (Fsp3) is 0.750. The molecule has 0 aromatic carbocycles. The van der Waals surface area contributed by atoms with Gasteiger partial charge in [-0.1, -0.05) is 20.8 Å². The van der Waals surface area contributed by atoms with Crippen molar-refractivity contribution in [2.45, 2.75) is 39.7 Å². The van der Waals surface area contributed by atoms with E-state index in [1.807, 2.05) is 20.8 Å². The number of carboxylic acid groups (broad SMARTS) is 1. The van der Waals surface area contributed by atoms with Crippen molar-refractivity contribution in [3.05, 3.63) is 0 Å². The van der Waals surface area contributed by atoms with Crippen molar-refractivity contribution in [3.8, 4) is 0 Å². The van der Waals surface area contributed by atoms with Gasteiger partial charge in [0.2, 0.25) is 0 Å². The molecular formula is C12H22N2O5.